The summed E-state index contributed by atoms with van der Waals surface area (Å²) in [6.07, 6.45) is 0.983. The molecule has 2 aromatic rings. The number of hydrogen-bond donors (Lipinski definition) is 1. The van der Waals surface area contributed by atoms with Crippen LogP contribution in [0, 0.1) is 5.92 Å². The van der Waals surface area contributed by atoms with Crippen molar-refractivity contribution in [2.75, 3.05) is 18.4 Å². The van der Waals surface area contributed by atoms with Crippen LogP contribution in [0.1, 0.15) is 12.8 Å². The Labute approximate surface area is 172 Å². The fourth-order valence-corrected chi connectivity index (χ4v) is 4.78. The van der Waals surface area contributed by atoms with Crippen LogP contribution < -0.4 is 10.1 Å². The SMILES string of the molecule is O=C(Nc1ccccc1OC(F)F)C1CCCN(S(=O)(=O)c2ccc(Cl)cc2)C1. The minimum absolute atomic E-state index is 0.00529. The van der Waals surface area contributed by atoms with Crippen LogP contribution in [0.5, 0.6) is 5.75 Å². The third-order valence-corrected chi connectivity index (χ3v) is 6.70. The first-order valence-corrected chi connectivity index (χ1v) is 10.7. The summed E-state index contributed by atoms with van der Waals surface area (Å²) in [7, 11) is -3.77. The molecule has 3 rings (SSSR count). The third-order valence-electron chi connectivity index (χ3n) is 4.57. The van der Waals surface area contributed by atoms with Crippen LogP contribution in [0.2, 0.25) is 5.02 Å². The van der Waals surface area contributed by atoms with Crippen molar-refractivity contribution in [1.29, 1.82) is 0 Å². The Balaban J connectivity index is 1.72. The number of piperidine rings is 1. The van der Waals surface area contributed by atoms with E-state index in [1.807, 2.05) is 0 Å². The summed E-state index contributed by atoms with van der Waals surface area (Å²) in [5.41, 5.74) is 0.107. The summed E-state index contributed by atoms with van der Waals surface area (Å²) in [6.45, 7) is -2.74. The number of sulfonamides is 1. The number of benzene rings is 2. The molecule has 0 saturated carbocycles. The average Bonchev–Trinajstić information content (AvgIpc) is 2.69. The Morgan fingerprint density at radius 2 is 1.86 bits per heavy atom. The number of carbonyl (C=O) groups excluding carboxylic acids is 1. The minimum atomic E-state index is -3.77. The third kappa shape index (κ3) is 5.23. The van der Waals surface area contributed by atoms with Gasteiger partial charge in [0.05, 0.1) is 16.5 Å². The van der Waals surface area contributed by atoms with E-state index in [1.165, 1.54) is 46.8 Å². The zero-order valence-corrected chi connectivity index (χ0v) is 16.8. The molecule has 1 amide bonds. The second-order valence-corrected chi connectivity index (χ2v) is 8.89. The molecule has 1 aliphatic rings. The lowest BCUT2D eigenvalue weighted by atomic mass is 9.98. The van der Waals surface area contributed by atoms with Crippen LogP contribution in [0.25, 0.3) is 0 Å². The maximum atomic E-state index is 12.8. The molecular formula is C19H19ClF2N2O4S. The lowest BCUT2D eigenvalue weighted by Gasteiger charge is -2.31. The topological polar surface area (TPSA) is 75.7 Å². The zero-order valence-electron chi connectivity index (χ0n) is 15.2. The quantitative estimate of drug-likeness (QED) is 0.731. The molecule has 10 heteroatoms. The van der Waals surface area contributed by atoms with Gasteiger partial charge in [0.25, 0.3) is 0 Å². The van der Waals surface area contributed by atoms with Crippen molar-refractivity contribution in [3.8, 4) is 5.75 Å². The number of rotatable bonds is 6. The van der Waals surface area contributed by atoms with E-state index in [0.29, 0.717) is 24.4 Å². The van der Waals surface area contributed by atoms with Crippen LogP contribution in [-0.4, -0.2) is 38.3 Å². The highest BCUT2D eigenvalue weighted by Gasteiger charge is 2.33. The Kier molecular flexibility index (Phi) is 6.71. The molecular weight excluding hydrogens is 426 g/mol. The van der Waals surface area contributed by atoms with Crippen molar-refractivity contribution in [2.24, 2.45) is 5.92 Å². The van der Waals surface area contributed by atoms with Gasteiger partial charge in [-0.15, -0.1) is 0 Å². The number of nitrogens with zero attached hydrogens (tertiary/aromatic N) is 1. The van der Waals surface area contributed by atoms with Gasteiger partial charge in [0.1, 0.15) is 5.75 Å². The number of alkyl halides is 2. The van der Waals surface area contributed by atoms with E-state index in [-0.39, 0.29) is 22.9 Å². The molecule has 0 aliphatic carbocycles. The Morgan fingerprint density at radius 3 is 2.55 bits per heavy atom. The van der Waals surface area contributed by atoms with E-state index >= 15 is 0 Å². The number of para-hydroxylation sites is 2. The van der Waals surface area contributed by atoms with Gasteiger partial charge in [-0.25, -0.2) is 8.42 Å². The van der Waals surface area contributed by atoms with Gasteiger partial charge in [0, 0.05) is 18.1 Å². The fraction of sp³-hybridized carbons (Fsp3) is 0.316. The molecule has 29 heavy (non-hydrogen) atoms. The Morgan fingerprint density at radius 1 is 1.17 bits per heavy atom. The Bertz CT molecular complexity index is 970. The van der Waals surface area contributed by atoms with Crippen molar-refractivity contribution < 1.29 is 26.7 Å². The minimum Gasteiger partial charge on any atom is -0.433 e. The van der Waals surface area contributed by atoms with E-state index in [9.17, 15) is 22.0 Å². The van der Waals surface area contributed by atoms with E-state index in [0.717, 1.165) is 0 Å². The van der Waals surface area contributed by atoms with Gasteiger partial charge in [-0.2, -0.15) is 13.1 Å². The van der Waals surface area contributed by atoms with Crippen molar-refractivity contribution in [3.05, 3.63) is 53.6 Å². The lowest BCUT2D eigenvalue weighted by molar-refractivity contribution is -0.121. The summed E-state index contributed by atoms with van der Waals surface area (Å²) >= 11 is 5.81. The predicted molar refractivity (Wildman–Crippen MR) is 105 cm³/mol. The van der Waals surface area contributed by atoms with Crippen molar-refractivity contribution >= 4 is 33.2 Å². The number of carbonyl (C=O) groups is 1. The van der Waals surface area contributed by atoms with Crippen LogP contribution >= 0.6 is 11.6 Å². The average molecular weight is 445 g/mol. The highest BCUT2D eigenvalue weighted by atomic mass is 35.5. The zero-order chi connectivity index (χ0) is 21.0. The molecule has 6 nitrogen and oxygen atoms in total. The molecule has 156 valence electrons. The summed E-state index contributed by atoms with van der Waals surface area (Å²) in [5, 5.41) is 2.99. The molecule has 1 aliphatic heterocycles. The van der Waals surface area contributed by atoms with E-state index in [2.05, 4.69) is 10.1 Å². The molecule has 1 unspecified atom stereocenters. The molecule has 1 fully saturated rings. The monoisotopic (exact) mass is 444 g/mol. The second kappa shape index (κ2) is 9.06. The number of nitrogens with one attached hydrogen (secondary N) is 1. The van der Waals surface area contributed by atoms with Gasteiger partial charge < -0.3 is 10.1 Å². The maximum Gasteiger partial charge on any atom is 0.387 e. The molecule has 2 aromatic carbocycles. The van der Waals surface area contributed by atoms with Gasteiger partial charge in [-0.05, 0) is 49.2 Å². The molecule has 1 N–H and O–H groups in total. The van der Waals surface area contributed by atoms with Crippen molar-refractivity contribution in [2.45, 2.75) is 24.3 Å². The standard InChI is InChI=1S/C19H19ClF2N2O4S/c20-14-7-9-15(10-8-14)29(26,27)24-11-3-4-13(12-24)18(25)23-16-5-1-2-6-17(16)28-19(21)22/h1-2,5-10,13,19H,3-4,11-12H2,(H,23,25). The summed E-state index contributed by atoms with van der Waals surface area (Å²) in [5.74, 6) is -1.23. The van der Waals surface area contributed by atoms with Crippen LogP contribution in [-0.2, 0) is 14.8 Å². The predicted octanol–water partition coefficient (Wildman–Crippen LogP) is 3.98. The van der Waals surface area contributed by atoms with E-state index < -0.39 is 28.5 Å². The molecule has 0 bridgehead atoms. The first kappa shape index (κ1) is 21.5. The molecule has 0 spiro atoms. The number of ether oxygens (including phenoxy) is 1. The van der Waals surface area contributed by atoms with Crippen LogP contribution in [0.3, 0.4) is 0 Å². The molecule has 0 aromatic heterocycles. The molecule has 1 heterocycles. The van der Waals surface area contributed by atoms with Crippen molar-refractivity contribution in [3.63, 3.8) is 0 Å². The largest absolute Gasteiger partial charge is 0.433 e. The van der Waals surface area contributed by atoms with Gasteiger partial charge in [-0.3, -0.25) is 4.79 Å². The summed E-state index contributed by atoms with van der Waals surface area (Å²) < 4.78 is 56.5. The summed E-state index contributed by atoms with van der Waals surface area (Å²) in [6, 6.07) is 11.7. The van der Waals surface area contributed by atoms with Gasteiger partial charge in [0.2, 0.25) is 15.9 Å². The van der Waals surface area contributed by atoms with Gasteiger partial charge in [0.15, 0.2) is 0 Å². The number of hydrogen-bond acceptors (Lipinski definition) is 4. The highest BCUT2D eigenvalue weighted by molar-refractivity contribution is 7.89. The second-order valence-electron chi connectivity index (χ2n) is 6.52. The molecule has 0 radical (unpaired) electrons. The van der Waals surface area contributed by atoms with E-state index in [1.54, 1.807) is 6.07 Å². The molecule has 1 atom stereocenters. The first-order chi connectivity index (χ1) is 13.8. The number of halogens is 3. The Hall–Kier alpha value is -2.23. The first-order valence-electron chi connectivity index (χ1n) is 8.88. The smallest absolute Gasteiger partial charge is 0.387 e. The maximum absolute atomic E-state index is 12.8. The highest BCUT2D eigenvalue weighted by Crippen LogP contribution is 2.29. The lowest BCUT2D eigenvalue weighted by Crippen LogP contribution is -2.43. The van der Waals surface area contributed by atoms with Crippen molar-refractivity contribution in [1.82, 2.24) is 4.31 Å². The fourth-order valence-electron chi connectivity index (χ4n) is 3.13. The van der Waals surface area contributed by atoms with Gasteiger partial charge >= 0.3 is 6.61 Å². The summed E-state index contributed by atoms with van der Waals surface area (Å²) in [4.78, 5) is 12.8. The number of amides is 1. The normalized spacial score (nSPS) is 17.9. The molecule has 1 saturated heterocycles. The van der Waals surface area contributed by atoms with Gasteiger partial charge in [-0.1, -0.05) is 23.7 Å². The number of anilines is 1. The van der Waals surface area contributed by atoms with E-state index in [4.69, 9.17) is 11.6 Å². The van der Waals surface area contributed by atoms with Crippen LogP contribution in [0.4, 0.5) is 14.5 Å². The van der Waals surface area contributed by atoms with Crippen LogP contribution in [0.15, 0.2) is 53.4 Å².